The summed E-state index contributed by atoms with van der Waals surface area (Å²) in [5, 5.41) is 13.3. The van der Waals surface area contributed by atoms with E-state index in [1.165, 1.54) is 12.1 Å². The van der Waals surface area contributed by atoms with Crippen molar-refractivity contribution in [1.82, 2.24) is 9.78 Å². The van der Waals surface area contributed by atoms with E-state index in [0.717, 1.165) is 0 Å². The number of hydrogen-bond acceptors (Lipinski definition) is 2. The third-order valence-electron chi connectivity index (χ3n) is 2.76. The van der Waals surface area contributed by atoms with Gasteiger partial charge in [-0.3, -0.25) is 9.48 Å². The van der Waals surface area contributed by atoms with Crippen LogP contribution in [0.2, 0.25) is 0 Å². The molecular weight excluding hydrogens is 235 g/mol. The first-order valence-corrected chi connectivity index (χ1v) is 5.53. The largest absolute Gasteiger partial charge is 0.481 e. The van der Waals surface area contributed by atoms with Gasteiger partial charge in [0.15, 0.2) is 0 Å². The third kappa shape index (κ3) is 2.56. The van der Waals surface area contributed by atoms with Crippen LogP contribution in [0.25, 0.3) is 0 Å². The molecule has 0 radical (unpaired) electrons. The Morgan fingerprint density at radius 3 is 2.72 bits per heavy atom. The van der Waals surface area contributed by atoms with Crippen molar-refractivity contribution in [1.29, 1.82) is 0 Å². The molecular formula is C13H13FN2O2. The lowest BCUT2D eigenvalue weighted by atomic mass is 9.94. The van der Waals surface area contributed by atoms with Crippen molar-refractivity contribution in [2.45, 2.75) is 12.3 Å². The van der Waals surface area contributed by atoms with Gasteiger partial charge in [-0.1, -0.05) is 18.2 Å². The number of nitrogens with zero attached hydrogens (tertiary/aromatic N) is 2. The summed E-state index contributed by atoms with van der Waals surface area (Å²) in [4.78, 5) is 11.3. The average Bonchev–Trinajstić information content (AvgIpc) is 2.73. The Morgan fingerprint density at radius 1 is 1.44 bits per heavy atom. The van der Waals surface area contributed by atoms with E-state index in [4.69, 9.17) is 0 Å². The van der Waals surface area contributed by atoms with E-state index in [1.807, 2.05) is 0 Å². The molecule has 2 aromatic rings. The Labute approximate surface area is 104 Å². The second-order valence-corrected chi connectivity index (χ2v) is 4.10. The first-order valence-electron chi connectivity index (χ1n) is 5.53. The predicted octanol–water partition coefficient (Wildman–Crippen LogP) is 1.97. The molecule has 2 rings (SSSR count). The van der Waals surface area contributed by atoms with E-state index in [9.17, 15) is 14.3 Å². The van der Waals surface area contributed by atoms with Crippen molar-refractivity contribution < 1.29 is 14.3 Å². The SMILES string of the molecule is Cn1ccc(CC(C(=O)O)c2ccccc2F)n1. The number of carboxylic acids is 1. The molecule has 94 valence electrons. The van der Waals surface area contributed by atoms with Crippen LogP contribution in [0.5, 0.6) is 0 Å². The Kier molecular flexibility index (Phi) is 3.41. The lowest BCUT2D eigenvalue weighted by Gasteiger charge is -2.12. The molecule has 1 heterocycles. The fourth-order valence-corrected chi connectivity index (χ4v) is 1.87. The van der Waals surface area contributed by atoms with Gasteiger partial charge in [0, 0.05) is 25.2 Å². The molecule has 18 heavy (non-hydrogen) atoms. The first kappa shape index (κ1) is 12.3. The molecule has 0 bridgehead atoms. The van der Waals surface area contributed by atoms with E-state index in [0.29, 0.717) is 5.69 Å². The van der Waals surface area contributed by atoms with Crippen molar-refractivity contribution in [3.05, 3.63) is 53.6 Å². The highest BCUT2D eigenvalue weighted by atomic mass is 19.1. The smallest absolute Gasteiger partial charge is 0.311 e. The molecule has 5 heteroatoms. The summed E-state index contributed by atoms with van der Waals surface area (Å²) in [5.41, 5.74) is 0.823. The van der Waals surface area contributed by atoms with Gasteiger partial charge in [0.05, 0.1) is 11.6 Å². The van der Waals surface area contributed by atoms with Gasteiger partial charge in [-0.15, -0.1) is 0 Å². The average molecular weight is 248 g/mol. The number of hydrogen-bond donors (Lipinski definition) is 1. The zero-order chi connectivity index (χ0) is 13.1. The van der Waals surface area contributed by atoms with Crippen LogP contribution < -0.4 is 0 Å². The molecule has 4 nitrogen and oxygen atoms in total. The van der Waals surface area contributed by atoms with Crippen LogP contribution in [0, 0.1) is 5.82 Å². The van der Waals surface area contributed by atoms with Crippen LogP contribution in [0.4, 0.5) is 4.39 Å². The van der Waals surface area contributed by atoms with Gasteiger partial charge in [0.25, 0.3) is 0 Å². The van der Waals surface area contributed by atoms with Crippen LogP contribution in [-0.2, 0) is 18.3 Å². The van der Waals surface area contributed by atoms with Gasteiger partial charge in [0.1, 0.15) is 5.82 Å². The third-order valence-corrected chi connectivity index (χ3v) is 2.76. The first-order chi connectivity index (χ1) is 8.58. The van der Waals surface area contributed by atoms with Crippen LogP contribution in [0.15, 0.2) is 36.5 Å². The number of carboxylic acid groups (broad SMARTS) is 1. The normalized spacial score (nSPS) is 12.3. The van der Waals surface area contributed by atoms with E-state index in [1.54, 1.807) is 36.1 Å². The highest BCUT2D eigenvalue weighted by Gasteiger charge is 2.24. The van der Waals surface area contributed by atoms with Crippen molar-refractivity contribution in [3.63, 3.8) is 0 Å². The quantitative estimate of drug-likeness (QED) is 0.900. The molecule has 0 aliphatic carbocycles. The Hall–Kier alpha value is -2.17. The number of halogens is 1. The van der Waals surface area contributed by atoms with Crippen LogP contribution >= 0.6 is 0 Å². The summed E-state index contributed by atoms with van der Waals surface area (Å²) in [6.45, 7) is 0. The standard InChI is InChI=1S/C13H13FN2O2/c1-16-7-6-9(15-16)8-11(13(17)18)10-4-2-3-5-12(10)14/h2-7,11H,8H2,1H3,(H,17,18). The summed E-state index contributed by atoms with van der Waals surface area (Å²) in [6, 6.07) is 7.67. The molecule has 0 fully saturated rings. The maximum absolute atomic E-state index is 13.6. The minimum absolute atomic E-state index is 0.178. The minimum atomic E-state index is -1.05. The fourth-order valence-electron chi connectivity index (χ4n) is 1.87. The molecule has 0 aliphatic rings. The summed E-state index contributed by atoms with van der Waals surface area (Å²) in [5.74, 6) is -2.47. The zero-order valence-electron chi connectivity index (χ0n) is 9.88. The molecule has 0 spiro atoms. The van der Waals surface area contributed by atoms with Gasteiger partial charge in [-0.05, 0) is 12.1 Å². The molecule has 0 aliphatic heterocycles. The topological polar surface area (TPSA) is 55.1 Å². The molecule has 0 saturated heterocycles. The van der Waals surface area contributed by atoms with Gasteiger partial charge >= 0.3 is 5.97 Å². The van der Waals surface area contributed by atoms with Crippen molar-refractivity contribution in [2.75, 3.05) is 0 Å². The van der Waals surface area contributed by atoms with E-state index >= 15 is 0 Å². The van der Waals surface area contributed by atoms with Gasteiger partial charge in [-0.2, -0.15) is 5.10 Å². The zero-order valence-corrected chi connectivity index (χ0v) is 9.88. The second kappa shape index (κ2) is 5.00. The monoisotopic (exact) mass is 248 g/mol. The number of aliphatic carboxylic acids is 1. The molecule has 0 saturated carbocycles. The second-order valence-electron chi connectivity index (χ2n) is 4.10. The molecule has 1 unspecified atom stereocenters. The maximum Gasteiger partial charge on any atom is 0.311 e. The molecule has 1 aromatic carbocycles. The predicted molar refractivity (Wildman–Crippen MR) is 63.7 cm³/mol. The lowest BCUT2D eigenvalue weighted by Crippen LogP contribution is -2.16. The van der Waals surface area contributed by atoms with Crippen molar-refractivity contribution in [3.8, 4) is 0 Å². The highest BCUT2D eigenvalue weighted by molar-refractivity contribution is 5.76. The maximum atomic E-state index is 13.6. The fraction of sp³-hybridized carbons (Fsp3) is 0.231. The number of aryl methyl sites for hydroxylation is 1. The Morgan fingerprint density at radius 2 is 2.17 bits per heavy atom. The van der Waals surface area contributed by atoms with E-state index in [-0.39, 0.29) is 12.0 Å². The number of benzene rings is 1. The van der Waals surface area contributed by atoms with E-state index in [2.05, 4.69) is 5.10 Å². The lowest BCUT2D eigenvalue weighted by molar-refractivity contribution is -0.138. The summed E-state index contributed by atoms with van der Waals surface area (Å²) >= 11 is 0. The van der Waals surface area contributed by atoms with Crippen LogP contribution in [0.3, 0.4) is 0 Å². The highest BCUT2D eigenvalue weighted by Crippen LogP contribution is 2.23. The van der Waals surface area contributed by atoms with Gasteiger partial charge in [-0.25, -0.2) is 4.39 Å². The molecule has 1 N–H and O–H groups in total. The number of rotatable bonds is 4. The Bertz CT molecular complexity index is 566. The van der Waals surface area contributed by atoms with Gasteiger partial charge in [0.2, 0.25) is 0 Å². The van der Waals surface area contributed by atoms with E-state index < -0.39 is 17.7 Å². The number of aromatic nitrogens is 2. The Balaban J connectivity index is 2.30. The molecule has 0 amide bonds. The van der Waals surface area contributed by atoms with Crippen LogP contribution in [-0.4, -0.2) is 20.9 Å². The molecule has 1 atom stereocenters. The van der Waals surface area contributed by atoms with Gasteiger partial charge < -0.3 is 5.11 Å². The minimum Gasteiger partial charge on any atom is -0.481 e. The number of carbonyl (C=O) groups is 1. The summed E-state index contributed by atoms with van der Waals surface area (Å²) < 4.78 is 15.2. The van der Waals surface area contributed by atoms with Crippen molar-refractivity contribution >= 4 is 5.97 Å². The van der Waals surface area contributed by atoms with Crippen molar-refractivity contribution in [2.24, 2.45) is 7.05 Å². The van der Waals surface area contributed by atoms with Crippen LogP contribution in [0.1, 0.15) is 17.2 Å². The summed E-state index contributed by atoms with van der Waals surface area (Å²) in [6.07, 6.45) is 1.91. The summed E-state index contributed by atoms with van der Waals surface area (Å²) in [7, 11) is 1.75. The molecule has 1 aromatic heterocycles.